The van der Waals surface area contributed by atoms with Crippen LogP contribution in [0.2, 0.25) is 0 Å². The molecule has 14 nitrogen and oxygen atoms in total. The topological polar surface area (TPSA) is 173 Å². The van der Waals surface area contributed by atoms with Crippen LogP contribution in [-0.4, -0.2) is 43.8 Å². The van der Waals surface area contributed by atoms with Gasteiger partial charge in [-0.15, -0.1) is 0 Å². The second kappa shape index (κ2) is 14.0. The van der Waals surface area contributed by atoms with Gasteiger partial charge in [0, 0.05) is 0 Å². The number of rotatable bonds is 12. The maximum Gasteiger partial charge on any atom is 0.298 e. The van der Waals surface area contributed by atoms with Crippen molar-refractivity contribution in [1.82, 2.24) is 30.8 Å². The summed E-state index contributed by atoms with van der Waals surface area (Å²) in [7, 11) is 0. The zero-order valence-corrected chi connectivity index (χ0v) is 21.7. The number of hydrogen-bond donors (Lipinski definition) is 2. The Kier molecular flexibility index (Phi) is 9.21. The van der Waals surface area contributed by atoms with Crippen LogP contribution in [0.1, 0.15) is 11.1 Å². The minimum atomic E-state index is 0.273. The average Bonchev–Trinajstić information content (AvgIpc) is 3.69. The van der Waals surface area contributed by atoms with E-state index in [2.05, 4.69) is 40.3 Å². The molecular formula is C28H22N6O8. The van der Waals surface area contributed by atoms with Gasteiger partial charge in [0.05, 0.1) is 0 Å². The molecule has 0 atom stereocenters. The molecule has 0 fully saturated rings. The first-order valence-corrected chi connectivity index (χ1v) is 12.3. The van der Waals surface area contributed by atoms with Gasteiger partial charge in [-0.2, -0.15) is 40.6 Å². The number of benzene rings is 4. The van der Waals surface area contributed by atoms with Gasteiger partial charge in [-0.25, -0.2) is 0 Å². The lowest BCUT2D eigenvalue weighted by Gasteiger charge is -2.05. The highest BCUT2D eigenvalue weighted by Gasteiger charge is 2.03. The van der Waals surface area contributed by atoms with E-state index in [1.165, 1.54) is 0 Å². The van der Waals surface area contributed by atoms with Crippen LogP contribution < -0.4 is 19.2 Å². The van der Waals surface area contributed by atoms with Crippen LogP contribution in [0.15, 0.2) is 84.9 Å². The van der Waals surface area contributed by atoms with E-state index in [1.807, 2.05) is 36.4 Å². The van der Waals surface area contributed by atoms with Gasteiger partial charge >= 0.3 is 0 Å². The maximum atomic E-state index is 10.2. The van der Waals surface area contributed by atoms with E-state index in [1.54, 1.807) is 48.5 Å². The second-order valence-corrected chi connectivity index (χ2v) is 8.36. The molecule has 212 valence electrons. The molecule has 42 heavy (non-hydrogen) atoms. The Morgan fingerprint density at radius 2 is 0.881 bits per heavy atom. The Morgan fingerprint density at radius 3 is 1.29 bits per heavy atom. The van der Waals surface area contributed by atoms with Gasteiger partial charge in [0.15, 0.2) is 11.5 Å². The molecule has 0 aliphatic rings. The van der Waals surface area contributed by atoms with Crippen LogP contribution in [0.4, 0.5) is 0 Å². The Bertz CT molecular complexity index is 1610. The van der Waals surface area contributed by atoms with Crippen molar-refractivity contribution >= 4 is 35.0 Å². The van der Waals surface area contributed by atoms with E-state index in [-0.39, 0.29) is 13.2 Å². The minimum Gasteiger partial charge on any atom is -0.429 e. The SMILES string of the molecule is O=COc1ccc(OOCc2ccc3n[nH]nc3c2)cc1.O=COc1ccc(OOCc2ccc3n[nH]nc3c2)cc1. The number of ether oxygens (including phenoxy) is 2. The number of nitrogens with zero attached hydrogens (tertiary/aromatic N) is 4. The number of aromatic amines is 2. The molecule has 4 aromatic carbocycles. The normalized spacial score (nSPS) is 10.5. The fraction of sp³-hybridized carbons (Fsp3) is 0.0714. The molecular weight excluding hydrogens is 548 g/mol. The molecule has 0 spiro atoms. The smallest absolute Gasteiger partial charge is 0.298 e. The Morgan fingerprint density at radius 1 is 0.500 bits per heavy atom. The van der Waals surface area contributed by atoms with Crippen molar-refractivity contribution in [3.05, 3.63) is 96.1 Å². The minimum absolute atomic E-state index is 0.273. The van der Waals surface area contributed by atoms with Gasteiger partial charge in [-0.05, 0) is 83.9 Å². The molecule has 6 aromatic rings. The summed E-state index contributed by atoms with van der Waals surface area (Å²) in [6, 6.07) is 24.2. The number of aromatic nitrogens is 6. The van der Waals surface area contributed by atoms with Crippen LogP contribution in [0, 0.1) is 0 Å². The lowest BCUT2D eigenvalue weighted by atomic mass is 10.2. The van der Waals surface area contributed by atoms with Gasteiger partial charge in [0.1, 0.15) is 46.8 Å². The van der Waals surface area contributed by atoms with Crippen molar-refractivity contribution < 1.29 is 38.6 Å². The molecule has 2 heterocycles. The molecule has 0 aliphatic carbocycles. The van der Waals surface area contributed by atoms with Crippen molar-refractivity contribution in [3.63, 3.8) is 0 Å². The van der Waals surface area contributed by atoms with Gasteiger partial charge in [-0.3, -0.25) is 9.59 Å². The van der Waals surface area contributed by atoms with Crippen LogP contribution in [0.25, 0.3) is 22.1 Å². The van der Waals surface area contributed by atoms with E-state index in [0.29, 0.717) is 35.9 Å². The standard InChI is InChI=1S/2C14H11N3O4/c2*18-9-19-11-2-4-12(5-3-11)21-20-8-10-1-6-13-14(7-10)16-17-15-13/h2*1-7,9H,8H2,(H,15,16,17). The van der Waals surface area contributed by atoms with Gasteiger partial charge in [0.25, 0.3) is 12.9 Å². The molecule has 0 saturated heterocycles. The molecule has 2 N–H and O–H groups in total. The molecule has 2 aromatic heterocycles. The molecule has 0 bridgehead atoms. The zero-order chi connectivity index (χ0) is 29.0. The van der Waals surface area contributed by atoms with Gasteiger partial charge < -0.3 is 19.2 Å². The van der Waals surface area contributed by atoms with Crippen molar-refractivity contribution in [2.75, 3.05) is 0 Å². The van der Waals surface area contributed by atoms with Crippen LogP contribution in [0.5, 0.6) is 23.0 Å². The summed E-state index contributed by atoms with van der Waals surface area (Å²) >= 11 is 0. The van der Waals surface area contributed by atoms with Crippen molar-refractivity contribution in [1.29, 1.82) is 0 Å². The first-order valence-electron chi connectivity index (χ1n) is 12.3. The predicted molar refractivity (Wildman–Crippen MR) is 145 cm³/mol. The lowest BCUT2D eigenvalue weighted by molar-refractivity contribution is -0.217. The number of H-pyrrole nitrogens is 2. The van der Waals surface area contributed by atoms with Gasteiger partial charge in [0.2, 0.25) is 0 Å². The summed E-state index contributed by atoms with van der Waals surface area (Å²) in [6.45, 7) is 1.28. The first-order chi connectivity index (χ1) is 20.7. The van der Waals surface area contributed by atoms with E-state index in [4.69, 9.17) is 19.6 Å². The number of fused-ring (bicyclic) bond motifs is 2. The van der Waals surface area contributed by atoms with Crippen molar-refractivity contribution in [3.8, 4) is 23.0 Å². The monoisotopic (exact) mass is 570 g/mol. The van der Waals surface area contributed by atoms with Crippen molar-refractivity contribution in [2.24, 2.45) is 0 Å². The van der Waals surface area contributed by atoms with Crippen LogP contribution in [0.3, 0.4) is 0 Å². The highest BCUT2D eigenvalue weighted by molar-refractivity contribution is 5.74. The fourth-order valence-corrected chi connectivity index (χ4v) is 3.54. The van der Waals surface area contributed by atoms with E-state index >= 15 is 0 Å². The zero-order valence-electron chi connectivity index (χ0n) is 21.7. The summed E-state index contributed by atoms with van der Waals surface area (Å²) in [4.78, 5) is 41.0. The largest absolute Gasteiger partial charge is 0.429 e. The van der Waals surface area contributed by atoms with Crippen LogP contribution >= 0.6 is 0 Å². The third-order valence-electron chi connectivity index (χ3n) is 5.54. The number of carbonyl (C=O) groups excluding carboxylic acids is 2. The highest BCUT2D eigenvalue weighted by atomic mass is 17.2. The lowest BCUT2D eigenvalue weighted by Crippen LogP contribution is -1.98. The number of nitrogens with one attached hydrogen (secondary N) is 2. The van der Waals surface area contributed by atoms with E-state index in [0.717, 1.165) is 33.2 Å². The van der Waals surface area contributed by atoms with Crippen molar-refractivity contribution in [2.45, 2.75) is 13.2 Å². The average molecular weight is 571 g/mol. The number of hydrogen-bond acceptors (Lipinski definition) is 12. The van der Waals surface area contributed by atoms with Gasteiger partial charge in [-0.1, -0.05) is 12.1 Å². The molecule has 0 unspecified atom stereocenters. The van der Waals surface area contributed by atoms with E-state index in [9.17, 15) is 9.59 Å². The Labute approximate surface area is 236 Å². The molecule has 0 amide bonds. The first kappa shape index (κ1) is 27.7. The molecule has 14 heteroatoms. The molecule has 0 radical (unpaired) electrons. The van der Waals surface area contributed by atoms with Crippen LogP contribution in [-0.2, 0) is 32.6 Å². The third kappa shape index (κ3) is 7.62. The summed E-state index contributed by atoms with van der Waals surface area (Å²) < 4.78 is 9.35. The summed E-state index contributed by atoms with van der Waals surface area (Å²) in [5.74, 6) is 1.90. The predicted octanol–water partition coefficient (Wildman–Crippen LogP) is 4.01. The maximum absolute atomic E-state index is 10.2. The Hall–Kier alpha value is -5.86. The quantitative estimate of drug-likeness (QED) is 0.123. The summed E-state index contributed by atoms with van der Waals surface area (Å²) in [6.07, 6.45) is 0. The van der Waals surface area contributed by atoms with E-state index < -0.39 is 0 Å². The third-order valence-corrected chi connectivity index (χ3v) is 5.54. The molecule has 0 aliphatic heterocycles. The molecule has 0 saturated carbocycles. The summed E-state index contributed by atoms with van der Waals surface area (Å²) in [5.41, 5.74) is 4.96. The highest BCUT2D eigenvalue weighted by Crippen LogP contribution is 2.19. The molecule has 6 rings (SSSR count). The fourth-order valence-electron chi connectivity index (χ4n) is 3.54. The number of carbonyl (C=O) groups is 2. The Balaban J connectivity index is 0.000000168. The summed E-state index contributed by atoms with van der Waals surface area (Å²) in [5, 5.41) is 21.0. The second-order valence-electron chi connectivity index (χ2n) is 8.36.